The summed E-state index contributed by atoms with van der Waals surface area (Å²) >= 11 is 3.35. The van der Waals surface area contributed by atoms with Crippen LogP contribution in [0.25, 0.3) is 10.9 Å². The molecule has 0 saturated heterocycles. The second-order valence-corrected chi connectivity index (χ2v) is 6.99. The van der Waals surface area contributed by atoms with Crippen LogP contribution in [0.2, 0.25) is 0 Å². The molecule has 1 heterocycles. The molecule has 1 fully saturated rings. The number of aromatic nitrogens is 2. The molecule has 6 nitrogen and oxygen atoms in total. The molecule has 1 aromatic heterocycles. The predicted octanol–water partition coefficient (Wildman–Crippen LogP) is 1.97. The molecule has 1 aliphatic rings. The number of amides is 1. The number of halogens is 2. The lowest BCUT2D eigenvalue weighted by molar-refractivity contribution is -0.123. The van der Waals surface area contributed by atoms with Crippen molar-refractivity contribution < 1.29 is 4.79 Å². The van der Waals surface area contributed by atoms with Crippen LogP contribution in [-0.2, 0) is 11.3 Å². The molecule has 0 bridgehead atoms. The Labute approximate surface area is 154 Å². The van der Waals surface area contributed by atoms with Gasteiger partial charge in [-0.2, -0.15) is 0 Å². The van der Waals surface area contributed by atoms with Crippen LogP contribution in [0.15, 0.2) is 33.8 Å². The van der Waals surface area contributed by atoms with Gasteiger partial charge in [0.25, 0.3) is 5.56 Å². The number of hydrogen-bond donors (Lipinski definition) is 2. The number of nitrogens with two attached hydrogens (primary N) is 1. The summed E-state index contributed by atoms with van der Waals surface area (Å²) in [5, 5.41) is 3.51. The van der Waals surface area contributed by atoms with Crippen LogP contribution in [0.4, 0.5) is 0 Å². The first kappa shape index (κ1) is 18.9. The fourth-order valence-corrected chi connectivity index (χ4v) is 3.53. The second-order valence-electron chi connectivity index (χ2n) is 6.08. The van der Waals surface area contributed by atoms with Crippen LogP contribution >= 0.6 is 28.3 Å². The number of hydrogen-bond acceptors (Lipinski definition) is 4. The van der Waals surface area contributed by atoms with Gasteiger partial charge in [0.1, 0.15) is 6.54 Å². The first-order valence-corrected chi connectivity index (χ1v) is 8.48. The zero-order valence-corrected chi connectivity index (χ0v) is 15.5. The van der Waals surface area contributed by atoms with Gasteiger partial charge in [-0.15, -0.1) is 12.4 Å². The number of fused-ring (bicyclic) bond motifs is 1. The van der Waals surface area contributed by atoms with Crippen molar-refractivity contribution in [2.24, 2.45) is 5.73 Å². The minimum atomic E-state index is -0.312. The fourth-order valence-electron chi connectivity index (χ4n) is 3.17. The minimum Gasteiger partial charge on any atom is -0.348 e. The summed E-state index contributed by atoms with van der Waals surface area (Å²) in [5.41, 5.74) is 5.91. The average Bonchev–Trinajstić information content (AvgIpc) is 2.99. The summed E-state index contributed by atoms with van der Waals surface area (Å²) in [6.45, 7) is 0.382. The summed E-state index contributed by atoms with van der Waals surface area (Å²) < 4.78 is 2.14. The standard InChI is InChI=1S/C16H19BrN4O2.ClH/c17-11-3-4-13-12(7-11)15(23)21(10-19-13)8-14(22)20-16(9-18)5-1-2-6-16;/h3-4,7,10H,1-2,5-6,8-9,18H2,(H,20,22);1H. The third kappa shape index (κ3) is 3.79. The van der Waals surface area contributed by atoms with Gasteiger partial charge in [0.2, 0.25) is 5.91 Å². The lowest BCUT2D eigenvalue weighted by Gasteiger charge is -2.28. The maximum absolute atomic E-state index is 12.5. The van der Waals surface area contributed by atoms with Crippen molar-refractivity contribution >= 4 is 45.1 Å². The lowest BCUT2D eigenvalue weighted by atomic mass is 9.98. The van der Waals surface area contributed by atoms with Gasteiger partial charge < -0.3 is 11.1 Å². The van der Waals surface area contributed by atoms with Gasteiger partial charge in [-0.1, -0.05) is 28.8 Å². The maximum Gasteiger partial charge on any atom is 0.261 e. The molecule has 1 aliphatic carbocycles. The van der Waals surface area contributed by atoms with E-state index >= 15 is 0 Å². The van der Waals surface area contributed by atoms with Gasteiger partial charge in [0.05, 0.1) is 22.8 Å². The Bertz CT molecular complexity index is 802. The van der Waals surface area contributed by atoms with Crippen molar-refractivity contribution in [3.8, 4) is 0 Å². The molecule has 0 aliphatic heterocycles. The van der Waals surface area contributed by atoms with E-state index in [0.29, 0.717) is 17.4 Å². The average molecular weight is 416 g/mol. The van der Waals surface area contributed by atoms with Gasteiger partial charge in [-0.05, 0) is 31.0 Å². The third-order valence-corrected chi connectivity index (χ3v) is 4.95. The highest BCUT2D eigenvalue weighted by atomic mass is 79.9. The van der Waals surface area contributed by atoms with E-state index in [4.69, 9.17) is 5.73 Å². The molecular formula is C16H20BrClN4O2. The summed E-state index contributed by atoms with van der Waals surface area (Å²) in [6, 6.07) is 5.32. The highest BCUT2D eigenvalue weighted by Crippen LogP contribution is 2.28. The van der Waals surface area contributed by atoms with E-state index in [2.05, 4.69) is 26.2 Å². The molecule has 0 unspecified atom stereocenters. The molecule has 8 heteroatoms. The Morgan fingerprint density at radius 1 is 1.38 bits per heavy atom. The first-order valence-electron chi connectivity index (χ1n) is 7.69. The topological polar surface area (TPSA) is 90.0 Å². The molecule has 0 spiro atoms. The molecule has 130 valence electrons. The minimum absolute atomic E-state index is 0. The quantitative estimate of drug-likeness (QED) is 0.799. The van der Waals surface area contributed by atoms with E-state index < -0.39 is 0 Å². The van der Waals surface area contributed by atoms with Gasteiger partial charge in [0, 0.05) is 11.0 Å². The molecule has 2 aromatic rings. The molecule has 1 amide bonds. The molecular weight excluding hydrogens is 396 g/mol. The Morgan fingerprint density at radius 3 is 2.75 bits per heavy atom. The third-order valence-electron chi connectivity index (χ3n) is 4.46. The van der Waals surface area contributed by atoms with E-state index in [1.54, 1.807) is 12.1 Å². The van der Waals surface area contributed by atoms with E-state index in [-0.39, 0.29) is 36.0 Å². The van der Waals surface area contributed by atoms with E-state index in [0.717, 1.165) is 30.2 Å². The van der Waals surface area contributed by atoms with Crippen molar-refractivity contribution in [3.63, 3.8) is 0 Å². The van der Waals surface area contributed by atoms with E-state index in [9.17, 15) is 9.59 Å². The Hall–Kier alpha value is -1.44. The van der Waals surface area contributed by atoms with Crippen LogP contribution in [0.1, 0.15) is 25.7 Å². The van der Waals surface area contributed by atoms with Crippen LogP contribution in [-0.4, -0.2) is 27.5 Å². The number of carbonyl (C=O) groups excluding carboxylic acids is 1. The number of nitrogens with zero attached hydrogens (tertiary/aromatic N) is 2. The molecule has 1 saturated carbocycles. The zero-order chi connectivity index (χ0) is 16.4. The SMILES string of the molecule is Cl.NCC1(NC(=O)Cn2cnc3ccc(Br)cc3c2=O)CCCC1. The number of rotatable bonds is 4. The molecule has 3 rings (SSSR count). The van der Waals surface area contributed by atoms with Gasteiger partial charge >= 0.3 is 0 Å². The van der Waals surface area contributed by atoms with E-state index in [1.807, 2.05) is 6.07 Å². The van der Waals surface area contributed by atoms with Crippen molar-refractivity contribution in [2.45, 2.75) is 37.8 Å². The molecule has 1 aromatic carbocycles. The zero-order valence-electron chi connectivity index (χ0n) is 13.1. The molecule has 24 heavy (non-hydrogen) atoms. The second kappa shape index (κ2) is 7.63. The number of carbonyl (C=O) groups is 1. The summed E-state index contributed by atoms with van der Waals surface area (Å²) in [4.78, 5) is 29.1. The smallest absolute Gasteiger partial charge is 0.261 e. The molecule has 3 N–H and O–H groups in total. The van der Waals surface area contributed by atoms with Crippen LogP contribution in [0, 0.1) is 0 Å². The Morgan fingerprint density at radius 2 is 2.08 bits per heavy atom. The normalized spacial score (nSPS) is 15.9. The highest BCUT2D eigenvalue weighted by molar-refractivity contribution is 9.10. The Kier molecular flexibility index (Phi) is 6.01. The Balaban J connectivity index is 0.00000208. The molecule has 0 atom stereocenters. The number of nitrogens with one attached hydrogen (secondary N) is 1. The van der Waals surface area contributed by atoms with Crippen molar-refractivity contribution in [2.75, 3.05) is 6.54 Å². The van der Waals surface area contributed by atoms with Crippen molar-refractivity contribution in [1.82, 2.24) is 14.9 Å². The summed E-state index contributed by atoms with van der Waals surface area (Å²) in [7, 11) is 0. The van der Waals surface area contributed by atoms with Gasteiger partial charge in [-0.3, -0.25) is 14.2 Å². The summed E-state index contributed by atoms with van der Waals surface area (Å²) in [5.74, 6) is -0.199. The first-order chi connectivity index (χ1) is 11.0. The fraction of sp³-hybridized carbons (Fsp3) is 0.438. The largest absolute Gasteiger partial charge is 0.348 e. The van der Waals surface area contributed by atoms with Crippen LogP contribution < -0.4 is 16.6 Å². The monoisotopic (exact) mass is 414 g/mol. The van der Waals surface area contributed by atoms with E-state index in [1.165, 1.54) is 10.9 Å². The number of benzene rings is 1. The maximum atomic E-state index is 12.5. The van der Waals surface area contributed by atoms with Crippen molar-refractivity contribution in [3.05, 3.63) is 39.4 Å². The molecule has 0 radical (unpaired) electrons. The van der Waals surface area contributed by atoms with Crippen LogP contribution in [0.3, 0.4) is 0 Å². The highest BCUT2D eigenvalue weighted by Gasteiger charge is 2.33. The van der Waals surface area contributed by atoms with Crippen molar-refractivity contribution in [1.29, 1.82) is 0 Å². The van der Waals surface area contributed by atoms with Crippen LogP contribution in [0.5, 0.6) is 0 Å². The predicted molar refractivity (Wildman–Crippen MR) is 99.3 cm³/mol. The van der Waals surface area contributed by atoms with Gasteiger partial charge in [-0.25, -0.2) is 4.98 Å². The summed E-state index contributed by atoms with van der Waals surface area (Å²) in [6.07, 6.45) is 5.36. The lowest BCUT2D eigenvalue weighted by Crippen LogP contribution is -2.52. The van der Waals surface area contributed by atoms with Gasteiger partial charge in [0.15, 0.2) is 0 Å².